The van der Waals surface area contributed by atoms with E-state index in [0.29, 0.717) is 18.8 Å². The Hall–Kier alpha value is -1.08. The highest BCUT2D eigenvalue weighted by Gasteiger charge is 2.32. The number of carbonyl (C=O) groups excluding carboxylic acids is 1. The molecule has 4 nitrogen and oxygen atoms in total. The molecule has 1 N–H and O–H groups in total. The monoisotopic (exact) mass is 210 g/mol. The zero-order chi connectivity index (χ0) is 11.3. The van der Waals surface area contributed by atoms with Gasteiger partial charge in [0.2, 0.25) is 5.91 Å². The summed E-state index contributed by atoms with van der Waals surface area (Å²) in [4.78, 5) is 11.4. The molecule has 15 heavy (non-hydrogen) atoms. The molecule has 0 aromatic rings. The van der Waals surface area contributed by atoms with Crippen molar-refractivity contribution in [3.63, 3.8) is 0 Å². The van der Waals surface area contributed by atoms with Crippen LogP contribution in [0.4, 0.5) is 0 Å². The first-order valence-corrected chi connectivity index (χ1v) is 5.39. The molecular weight excluding hydrogens is 192 g/mol. The molecule has 1 aliphatic rings. The lowest BCUT2D eigenvalue weighted by atomic mass is 10.1. The smallest absolute Gasteiger partial charge is 0.221 e. The Kier molecular flexibility index (Phi) is 4.57. The van der Waals surface area contributed by atoms with E-state index in [0.717, 1.165) is 12.8 Å². The fourth-order valence-electron chi connectivity index (χ4n) is 1.38. The van der Waals surface area contributed by atoms with Crippen molar-refractivity contribution in [2.24, 2.45) is 5.92 Å². The van der Waals surface area contributed by atoms with E-state index < -0.39 is 0 Å². The minimum absolute atomic E-state index is 0.0441. The SMILES string of the molecule is COC(C)CCC(=O)NC(C#N)C1CC1. The Bertz CT molecular complexity index is 256. The van der Waals surface area contributed by atoms with Crippen molar-refractivity contribution in [3.8, 4) is 6.07 Å². The fourth-order valence-corrected chi connectivity index (χ4v) is 1.38. The highest BCUT2D eigenvalue weighted by atomic mass is 16.5. The van der Waals surface area contributed by atoms with E-state index in [1.165, 1.54) is 0 Å². The number of carbonyl (C=O) groups is 1. The average molecular weight is 210 g/mol. The average Bonchev–Trinajstić information content (AvgIpc) is 3.06. The van der Waals surface area contributed by atoms with E-state index in [2.05, 4.69) is 11.4 Å². The second-order valence-corrected chi connectivity index (χ2v) is 4.10. The molecule has 0 aliphatic heterocycles. The number of hydrogen-bond donors (Lipinski definition) is 1. The summed E-state index contributed by atoms with van der Waals surface area (Å²) in [5.41, 5.74) is 0. The van der Waals surface area contributed by atoms with Gasteiger partial charge in [-0.25, -0.2) is 0 Å². The van der Waals surface area contributed by atoms with Crippen molar-refractivity contribution in [2.75, 3.05) is 7.11 Å². The summed E-state index contributed by atoms with van der Waals surface area (Å²) in [6.07, 6.45) is 3.35. The maximum Gasteiger partial charge on any atom is 0.221 e. The number of nitriles is 1. The van der Waals surface area contributed by atoms with Crippen LogP contribution in [0.5, 0.6) is 0 Å². The third-order valence-corrected chi connectivity index (χ3v) is 2.73. The van der Waals surface area contributed by atoms with Crippen molar-refractivity contribution >= 4 is 5.91 Å². The number of nitrogens with zero attached hydrogens (tertiary/aromatic N) is 1. The van der Waals surface area contributed by atoms with Gasteiger partial charge in [-0.3, -0.25) is 4.79 Å². The Balaban J connectivity index is 2.20. The molecule has 1 aliphatic carbocycles. The minimum atomic E-state index is -0.282. The summed E-state index contributed by atoms with van der Waals surface area (Å²) in [7, 11) is 1.63. The Morgan fingerprint density at radius 1 is 1.67 bits per heavy atom. The normalized spacial score (nSPS) is 19.0. The lowest BCUT2D eigenvalue weighted by Crippen LogP contribution is -2.35. The largest absolute Gasteiger partial charge is 0.382 e. The van der Waals surface area contributed by atoms with Gasteiger partial charge in [-0.1, -0.05) is 0 Å². The number of hydrogen-bond acceptors (Lipinski definition) is 3. The lowest BCUT2D eigenvalue weighted by molar-refractivity contribution is -0.122. The molecule has 0 bridgehead atoms. The van der Waals surface area contributed by atoms with Gasteiger partial charge < -0.3 is 10.1 Å². The van der Waals surface area contributed by atoms with Crippen LogP contribution in [0.25, 0.3) is 0 Å². The predicted octanol–water partition coefficient (Wildman–Crippen LogP) is 1.22. The molecule has 0 aromatic carbocycles. The molecule has 0 saturated heterocycles. The zero-order valence-corrected chi connectivity index (χ0v) is 9.32. The van der Waals surface area contributed by atoms with Crippen LogP contribution >= 0.6 is 0 Å². The number of ether oxygens (including phenoxy) is 1. The van der Waals surface area contributed by atoms with Gasteiger partial charge >= 0.3 is 0 Å². The molecular formula is C11H18N2O2. The first kappa shape index (κ1) is 12.0. The molecule has 1 saturated carbocycles. The van der Waals surface area contributed by atoms with Crippen LogP contribution < -0.4 is 5.32 Å². The minimum Gasteiger partial charge on any atom is -0.382 e. The molecule has 2 unspecified atom stereocenters. The first-order chi connectivity index (χ1) is 7.17. The summed E-state index contributed by atoms with van der Waals surface area (Å²) in [6, 6.07) is 1.85. The Morgan fingerprint density at radius 2 is 2.33 bits per heavy atom. The van der Waals surface area contributed by atoms with Gasteiger partial charge in [0.05, 0.1) is 12.2 Å². The number of methoxy groups -OCH3 is 1. The third kappa shape index (κ3) is 4.30. The van der Waals surface area contributed by atoms with Gasteiger partial charge in [-0.15, -0.1) is 0 Å². The molecule has 0 aromatic heterocycles. The van der Waals surface area contributed by atoms with Gasteiger partial charge in [0.1, 0.15) is 6.04 Å². The van der Waals surface area contributed by atoms with E-state index in [-0.39, 0.29) is 18.1 Å². The van der Waals surface area contributed by atoms with Gasteiger partial charge in [-0.05, 0) is 32.1 Å². The maximum absolute atomic E-state index is 11.4. The number of rotatable bonds is 6. The van der Waals surface area contributed by atoms with E-state index in [4.69, 9.17) is 10.00 Å². The maximum atomic E-state index is 11.4. The van der Waals surface area contributed by atoms with Crippen LogP contribution in [0, 0.1) is 17.2 Å². The second-order valence-electron chi connectivity index (χ2n) is 4.10. The quantitative estimate of drug-likeness (QED) is 0.717. The van der Waals surface area contributed by atoms with E-state index in [1.54, 1.807) is 7.11 Å². The highest BCUT2D eigenvalue weighted by Crippen LogP contribution is 2.32. The van der Waals surface area contributed by atoms with Crippen LogP contribution in [-0.4, -0.2) is 25.2 Å². The topological polar surface area (TPSA) is 62.1 Å². The Morgan fingerprint density at radius 3 is 2.80 bits per heavy atom. The summed E-state index contributed by atoms with van der Waals surface area (Å²) in [5, 5.41) is 11.6. The van der Waals surface area contributed by atoms with Crippen molar-refractivity contribution in [1.29, 1.82) is 5.26 Å². The Labute approximate surface area is 90.6 Å². The molecule has 4 heteroatoms. The van der Waals surface area contributed by atoms with Crippen molar-refractivity contribution in [3.05, 3.63) is 0 Å². The summed E-state index contributed by atoms with van der Waals surface area (Å²) in [5.74, 6) is 0.344. The van der Waals surface area contributed by atoms with Crippen LogP contribution in [0.3, 0.4) is 0 Å². The van der Waals surface area contributed by atoms with E-state index in [9.17, 15) is 4.79 Å². The molecule has 84 valence electrons. The fraction of sp³-hybridized carbons (Fsp3) is 0.818. The molecule has 2 atom stereocenters. The standard InChI is InChI=1S/C11H18N2O2/c1-8(15-2)3-6-11(14)13-10(7-12)9-4-5-9/h8-10H,3-6H2,1-2H3,(H,13,14). The van der Waals surface area contributed by atoms with Crippen molar-refractivity contribution in [2.45, 2.75) is 44.8 Å². The van der Waals surface area contributed by atoms with E-state index in [1.807, 2.05) is 6.92 Å². The lowest BCUT2D eigenvalue weighted by Gasteiger charge is -2.12. The number of nitrogens with one attached hydrogen (secondary N) is 1. The summed E-state index contributed by atoms with van der Waals surface area (Å²) in [6.45, 7) is 1.93. The molecule has 0 spiro atoms. The summed E-state index contributed by atoms with van der Waals surface area (Å²) >= 11 is 0. The third-order valence-electron chi connectivity index (χ3n) is 2.73. The van der Waals surface area contributed by atoms with Crippen LogP contribution in [0.2, 0.25) is 0 Å². The predicted molar refractivity (Wildman–Crippen MR) is 56.0 cm³/mol. The van der Waals surface area contributed by atoms with Crippen LogP contribution in [-0.2, 0) is 9.53 Å². The zero-order valence-electron chi connectivity index (χ0n) is 9.32. The number of amides is 1. The van der Waals surface area contributed by atoms with Gasteiger partial charge in [-0.2, -0.15) is 5.26 Å². The van der Waals surface area contributed by atoms with Gasteiger partial charge in [0.25, 0.3) is 0 Å². The van der Waals surface area contributed by atoms with E-state index >= 15 is 0 Å². The summed E-state index contributed by atoms with van der Waals surface area (Å²) < 4.78 is 5.05. The van der Waals surface area contributed by atoms with Gasteiger partial charge in [0.15, 0.2) is 0 Å². The van der Waals surface area contributed by atoms with Gasteiger partial charge in [0, 0.05) is 13.5 Å². The second kappa shape index (κ2) is 5.72. The van der Waals surface area contributed by atoms with Crippen LogP contribution in [0.15, 0.2) is 0 Å². The van der Waals surface area contributed by atoms with Crippen LogP contribution in [0.1, 0.15) is 32.6 Å². The molecule has 0 radical (unpaired) electrons. The molecule has 0 heterocycles. The first-order valence-electron chi connectivity index (χ1n) is 5.39. The highest BCUT2D eigenvalue weighted by molar-refractivity contribution is 5.76. The van der Waals surface area contributed by atoms with Crippen molar-refractivity contribution in [1.82, 2.24) is 5.32 Å². The molecule has 1 fully saturated rings. The molecule has 1 amide bonds. The van der Waals surface area contributed by atoms with Crippen molar-refractivity contribution < 1.29 is 9.53 Å². The molecule has 1 rings (SSSR count).